The minimum atomic E-state index is -0.636. The zero-order valence-corrected chi connectivity index (χ0v) is 9.46. The first-order valence-corrected chi connectivity index (χ1v) is 5.07. The van der Waals surface area contributed by atoms with Crippen LogP contribution in [0.15, 0.2) is 12.1 Å². The summed E-state index contributed by atoms with van der Waals surface area (Å²) in [4.78, 5) is 0. The first-order valence-electron chi connectivity index (χ1n) is 5.07. The van der Waals surface area contributed by atoms with Crippen molar-refractivity contribution in [2.24, 2.45) is 0 Å². The van der Waals surface area contributed by atoms with Crippen LogP contribution in [0.25, 0.3) is 0 Å². The van der Waals surface area contributed by atoms with Crippen LogP contribution in [0.1, 0.15) is 31.7 Å². The highest BCUT2D eigenvalue weighted by atomic mass is 16.3. The molecule has 0 aromatic carbocycles. The number of aliphatic hydroxyl groups is 1. The van der Waals surface area contributed by atoms with E-state index in [9.17, 15) is 5.11 Å². The molecule has 2 N–H and O–H groups in total. The molecule has 0 aliphatic rings. The number of rotatable bonds is 4. The largest absolute Gasteiger partial charge is 0.388 e. The number of aromatic nitrogens is 1. The number of hydrogen-bond acceptors (Lipinski definition) is 2. The minimum Gasteiger partial charge on any atom is -0.388 e. The summed E-state index contributed by atoms with van der Waals surface area (Å²) in [5, 5.41) is 9.83. The third-order valence-electron chi connectivity index (χ3n) is 2.65. The molecule has 0 fully saturated rings. The Kier molecular flexibility index (Phi) is 3.21. The molecule has 0 saturated heterocycles. The molecule has 0 radical (unpaired) electrons. The standard InChI is InChI=1S/C11H20N2O/c1-5-11(4,14)8-12-13-9(2)6-7-10(13)3/h6-7,12,14H,5,8H2,1-4H3. The molecule has 1 unspecified atom stereocenters. The topological polar surface area (TPSA) is 37.2 Å². The zero-order chi connectivity index (χ0) is 10.8. The van der Waals surface area contributed by atoms with Crippen LogP contribution in [0.3, 0.4) is 0 Å². The zero-order valence-electron chi connectivity index (χ0n) is 9.46. The summed E-state index contributed by atoms with van der Waals surface area (Å²) in [7, 11) is 0. The fourth-order valence-corrected chi connectivity index (χ4v) is 1.29. The molecule has 3 heteroatoms. The molecular weight excluding hydrogens is 176 g/mol. The molecule has 0 bridgehead atoms. The van der Waals surface area contributed by atoms with Crippen LogP contribution in [0, 0.1) is 13.8 Å². The lowest BCUT2D eigenvalue weighted by molar-refractivity contribution is 0.0669. The maximum Gasteiger partial charge on any atom is 0.0804 e. The number of hydrogen-bond donors (Lipinski definition) is 2. The molecule has 1 rings (SSSR count). The van der Waals surface area contributed by atoms with E-state index in [1.165, 1.54) is 0 Å². The summed E-state index contributed by atoms with van der Waals surface area (Å²) < 4.78 is 2.00. The Labute approximate surface area is 85.7 Å². The molecule has 14 heavy (non-hydrogen) atoms. The molecular formula is C11H20N2O. The fourth-order valence-electron chi connectivity index (χ4n) is 1.29. The smallest absolute Gasteiger partial charge is 0.0804 e. The van der Waals surface area contributed by atoms with Crippen molar-refractivity contribution >= 4 is 0 Å². The molecule has 0 aliphatic carbocycles. The van der Waals surface area contributed by atoms with Gasteiger partial charge in [-0.25, -0.2) is 0 Å². The van der Waals surface area contributed by atoms with Gasteiger partial charge in [0.1, 0.15) is 0 Å². The van der Waals surface area contributed by atoms with Crippen LogP contribution in [0.2, 0.25) is 0 Å². The molecule has 1 aromatic heterocycles. The highest BCUT2D eigenvalue weighted by molar-refractivity contribution is 5.15. The quantitative estimate of drug-likeness (QED) is 0.770. The van der Waals surface area contributed by atoms with Crippen LogP contribution in [-0.4, -0.2) is 21.9 Å². The van der Waals surface area contributed by atoms with E-state index >= 15 is 0 Å². The average Bonchev–Trinajstić information content (AvgIpc) is 2.44. The molecule has 0 amide bonds. The van der Waals surface area contributed by atoms with Crippen LogP contribution in [-0.2, 0) is 0 Å². The second-order valence-electron chi connectivity index (χ2n) is 4.14. The summed E-state index contributed by atoms with van der Waals surface area (Å²) in [6.07, 6.45) is 0.749. The van der Waals surface area contributed by atoms with E-state index in [1.54, 1.807) is 0 Å². The molecule has 0 saturated carbocycles. The van der Waals surface area contributed by atoms with E-state index < -0.39 is 5.60 Å². The van der Waals surface area contributed by atoms with Crippen molar-refractivity contribution in [2.45, 2.75) is 39.7 Å². The highest BCUT2D eigenvalue weighted by Gasteiger charge is 2.17. The lowest BCUT2D eigenvalue weighted by Crippen LogP contribution is -2.36. The Morgan fingerprint density at radius 1 is 1.36 bits per heavy atom. The van der Waals surface area contributed by atoms with Crippen LogP contribution < -0.4 is 5.43 Å². The van der Waals surface area contributed by atoms with Gasteiger partial charge in [-0.2, -0.15) is 0 Å². The maximum atomic E-state index is 9.83. The number of nitrogens with zero attached hydrogens (tertiary/aromatic N) is 1. The normalized spacial score (nSPS) is 15.2. The minimum absolute atomic E-state index is 0.569. The van der Waals surface area contributed by atoms with E-state index in [0.717, 1.165) is 17.8 Å². The lowest BCUT2D eigenvalue weighted by Gasteiger charge is -2.24. The van der Waals surface area contributed by atoms with Crippen molar-refractivity contribution in [3.05, 3.63) is 23.5 Å². The first kappa shape index (κ1) is 11.1. The Balaban J connectivity index is 2.62. The second-order valence-corrected chi connectivity index (χ2v) is 4.14. The molecule has 80 valence electrons. The van der Waals surface area contributed by atoms with E-state index in [1.807, 2.05) is 32.4 Å². The van der Waals surface area contributed by atoms with Crippen LogP contribution in [0.4, 0.5) is 0 Å². The van der Waals surface area contributed by atoms with Gasteiger partial charge in [0.25, 0.3) is 0 Å². The van der Waals surface area contributed by atoms with E-state index in [-0.39, 0.29) is 0 Å². The van der Waals surface area contributed by atoms with Crippen molar-refractivity contribution in [1.82, 2.24) is 4.68 Å². The van der Waals surface area contributed by atoms with Crippen molar-refractivity contribution in [3.63, 3.8) is 0 Å². The van der Waals surface area contributed by atoms with Gasteiger partial charge < -0.3 is 10.5 Å². The summed E-state index contributed by atoms with van der Waals surface area (Å²) in [6.45, 7) is 8.48. The predicted octanol–water partition coefficient (Wildman–Crippen LogP) is 1.81. The van der Waals surface area contributed by atoms with Crippen molar-refractivity contribution in [2.75, 3.05) is 12.0 Å². The third-order valence-corrected chi connectivity index (χ3v) is 2.65. The van der Waals surface area contributed by atoms with Gasteiger partial charge in [0.2, 0.25) is 0 Å². The molecule has 1 aromatic rings. The summed E-state index contributed by atoms with van der Waals surface area (Å²) in [6, 6.07) is 4.12. The van der Waals surface area contributed by atoms with Gasteiger partial charge in [0.05, 0.1) is 12.1 Å². The molecule has 3 nitrogen and oxygen atoms in total. The average molecular weight is 196 g/mol. The lowest BCUT2D eigenvalue weighted by atomic mass is 10.1. The summed E-state index contributed by atoms with van der Waals surface area (Å²) in [5.74, 6) is 0. The first-order chi connectivity index (χ1) is 6.46. The van der Waals surface area contributed by atoms with Gasteiger partial charge in [-0.05, 0) is 39.3 Å². The SMILES string of the molecule is CCC(C)(O)CNn1c(C)ccc1C. The Hall–Kier alpha value is -0.960. The Morgan fingerprint density at radius 3 is 2.29 bits per heavy atom. The van der Waals surface area contributed by atoms with Crippen molar-refractivity contribution in [1.29, 1.82) is 0 Å². The Morgan fingerprint density at radius 2 is 1.86 bits per heavy atom. The molecule has 1 heterocycles. The van der Waals surface area contributed by atoms with Crippen molar-refractivity contribution < 1.29 is 5.11 Å². The van der Waals surface area contributed by atoms with Gasteiger partial charge in [-0.1, -0.05) is 6.92 Å². The number of aryl methyl sites for hydroxylation is 2. The van der Waals surface area contributed by atoms with Gasteiger partial charge in [0.15, 0.2) is 0 Å². The van der Waals surface area contributed by atoms with E-state index in [2.05, 4.69) is 17.6 Å². The predicted molar refractivity (Wildman–Crippen MR) is 59.0 cm³/mol. The maximum absolute atomic E-state index is 9.83. The summed E-state index contributed by atoms with van der Waals surface area (Å²) in [5.41, 5.74) is 4.91. The molecule has 1 atom stereocenters. The van der Waals surface area contributed by atoms with Gasteiger partial charge >= 0.3 is 0 Å². The van der Waals surface area contributed by atoms with E-state index in [4.69, 9.17) is 0 Å². The molecule has 0 aliphatic heterocycles. The van der Waals surface area contributed by atoms with Gasteiger partial charge in [-0.3, -0.25) is 4.68 Å². The third kappa shape index (κ3) is 2.51. The summed E-state index contributed by atoms with van der Waals surface area (Å²) >= 11 is 0. The van der Waals surface area contributed by atoms with Crippen LogP contribution >= 0.6 is 0 Å². The highest BCUT2D eigenvalue weighted by Crippen LogP contribution is 2.09. The van der Waals surface area contributed by atoms with Crippen molar-refractivity contribution in [3.8, 4) is 0 Å². The fraction of sp³-hybridized carbons (Fsp3) is 0.636. The van der Waals surface area contributed by atoms with Gasteiger partial charge in [-0.15, -0.1) is 0 Å². The number of nitrogens with one attached hydrogen (secondary N) is 1. The van der Waals surface area contributed by atoms with Gasteiger partial charge in [0, 0.05) is 11.4 Å². The molecule has 0 spiro atoms. The van der Waals surface area contributed by atoms with E-state index in [0.29, 0.717) is 6.54 Å². The van der Waals surface area contributed by atoms with Crippen LogP contribution in [0.5, 0.6) is 0 Å². The monoisotopic (exact) mass is 196 g/mol. The second kappa shape index (κ2) is 4.05. The Bertz CT molecular complexity index is 283.